The summed E-state index contributed by atoms with van der Waals surface area (Å²) in [6, 6.07) is -3.47. The molecular weight excluding hydrogens is 456 g/mol. The molecule has 2 heterocycles. The SMILES string of the molecule is CN[C@H]1[C@@H](O)[C@@H](O[C@H]2[C@@H](O)[C@H](O[C@H]3O[C@@H]([C@@H](C)O)[C@@H](O)[C@H](O)[C@@H]3N)[C@H](N)C[C@H]2N)OC[C@]1(C)O. The smallest absolute Gasteiger partial charge is 0.185 e. The molecule has 0 spiro atoms. The van der Waals surface area contributed by atoms with Gasteiger partial charge in [-0.05, 0) is 27.3 Å². The first-order chi connectivity index (χ1) is 15.8. The van der Waals surface area contributed by atoms with Gasteiger partial charge in [-0.2, -0.15) is 0 Å². The molecule has 0 bridgehead atoms. The van der Waals surface area contributed by atoms with E-state index >= 15 is 0 Å². The van der Waals surface area contributed by atoms with Gasteiger partial charge in [0, 0.05) is 12.1 Å². The van der Waals surface area contributed by atoms with Gasteiger partial charge in [-0.25, -0.2) is 0 Å². The van der Waals surface area contributed by atoms with Gasteiger partial charge in [-0.15, -0.1) is 0 Å². The van der Waals surface area contributed by atoms with Gasteiger partial charge in [0.1, 0.15) is 48.3 Å². The molecule has 1 aliphatic carbocycles. The molecule has 0 aromatic rings. The molecule has 3 rings (SSSR count). The Morgan fingerprint density at radius 1 is 0.941 bits per heavy atom. The maximum absolute atomic E-state index is 11.1. The highest BCUT2D eigenvalue weighted by atomic mass is 16.7. The summed E-state index contributed by atoms with van der Waals surface area (Å²) < 4.78 is 22.8. The van der Waals surface area contributed by atoms with Crippen molar-refractivity contribution in [3.8, 4) is 0 Å². The highest BCUT2D eigenvalue weighted by Gasteiger charge is 2.52. The van der Waals surface area contributed by atoms with Gasteiger partial charge in [0.2, 0.25) is 0 Å². The van der Waals surface area contributed by atoms with Crippen molar-refractivity contribution in [3.05, 3.63) is 0 Å². The lowest BCUT2D eigenvalue weighted by Crippen LogP contribution is -2.69. The maximum atomic E-state index is 11.1. The number of nitrogens with one attached hydrogen (secondary N) is 1. The predicted molar refractivity (Wildman–Crippen MR) is 116 cm³/mol. The van der Waals surface area contributed by atoms with Crippen LogP contribution in [0.5, 0.6) is 0 Å². The molecule has 0 amide bonds. The standard InChI is InChI=1S/C20H40N4O10/c1-6(25)14-11(27)10(26)9(23)18(32-14)33-15-7(21)4-8(22)16(12(15)28)34-19-13(29)17(24-3)20(2,30)5-31-19/h6-19,24-30H,4-5,21-23H2,1-3H3/t6-,7-,8-,9+,10-,11+,12+,13-,14+,15-,16-,17+,18-,19-,20+/m1/s1. The van der Waals surface area contributed by atoms with Crippen molar-refractivity contribution in [2.75, 3.05) is 13.7 Å². The third-order valence-corrected chi connectivity index (χ3v) is 6.95. The van der Waals surface area contributed by atoms with Gasteiger partial charge in [-0.1, -0.05) is 0 Å². The number of aliphatic hydroxyl groups is 6. The lowest BCUT2D eigenvalue weighted by Gasteiger charge is -2.49. The number of likely N-dealkylation sites (N-methyl/N-ethyl adjacent to an activating group) is 1. The van der Waals surface area contributed by atoms with Crippen LogP contribution in [0.25, 0.3) is 0 Å². The third kappa shape index (κ3) is 5.40. The molecule has 3 aliphatic rings. The Hall–Kier alpha value is -0.560. The summed E-state index contributed by atoms with van der Waals surface area (Å²) >= 11 is 0. The molecule has 2 saturated heterocycles. The molecule has 200 valence electrons. The summed E-state index contributed by atoms with van der Waals surface area (Å²) in [5.41, 5.74) is 17.0. The molecule has 2 aliphatic heterocycles. The van der Waals surface area contributed by atoms with Gasteiger partial charge in [0.15, 0.2) is 12.6 Å². The van der Waals surface area contributed by atoms with E-state index in [-0.39, 0.29) is 13.0 Å². The van der Waals surface area contributed by atoms with Crippen LogP contribution < -0.4 is 22.5 Å². The van der Waals surface area contributed by atoms with E-state index in [2.05, 4.69) is 5.32 Å². The first-order valence-electron chi connectivity index (χ1n) is 11.4. The Morgan fingerprint density at radius 2 is 1.50 bits per heavy atom. The molecule has 34 heavy (non-hydrogen) atoms. The van der Waals surface area contributed by atoms with Crippen LogP contribution in [0, 0.1) is 0 Å². The van der Waals surface area contributed by atoms with Crippen LogP contribution in [0.4, 0.5) is 0 Å². The highest BCUT2D eigenvalue weighted by molar-refractivity contribution is 5.02. The molecule has 3 fully saturated rings. The van der Waals surface area contributed by atoms with E-state index in [1.54, 1.807) is 7.05 Å². The fourth-order valence-corrected chi connectivity index (χ4v) is 4.95. The lowest BCUT2D eigenvalue weighted by molar-refractivity contribution is -0.319. The minimum Gasteiger partial charge on any atom is -0.391 e. The van der Waals surface area contributed by atoms with E-state index in [0.29, 0.717) is 0 Å². The van der Waals surface area contributed by atoms with E-state index in [1.165, 1.54) is 13.8 Å². The Bertz CT molecular complexity index is 675. The van der Waals surface area contributed by atoms with Crippen molar-refractivity contribution in [1.82, 2.24) is 5.32 Å². The zero-order chi connectivity index (χ0) is 25.5. The Balaban J connectivity index is 1.73. The molecule has 13 N–H and O–H groups in total. The summed E-state index contributed by atoms with van der Waals surface area (Å²) in [7, 11) is 1.58. The molecule has 15 atom stereocenters. The average Bonchev–Trinajstić information content (AvgIpc) is 2.75. The predicted octanol–water partition coefficient (Wildman–Crippen LogP) is -5.61. The first kappa shape index (κ1) is 28.0. The molecule has 0 unspecified atom stereocenters. The van der Waals surface area contributed by atoms with Crippen molar-refractivity contribution < 1.29 is 49.6 Å². The fraction of sp³-hybridized carbons (Fsp3) is 1.00. The zero-order valence-corrected chi connectivity index (χ0v) is 19.5. The molecule has 1 saturated carbocycles. The molecule has 0 aromatic heterocycles. The largest absolute Gasteiger partial charge is 0.391 e. The number of rotatable bonds is 6. The number of hydrogen-bond acceptors (Lipinski definition) is 14. The second kappa shape index (κ2) is 10.8. The Kier molecular flexibility index (Phi) is 8.92. The summed E-state index contributed by atoms with van der Waals surface area (Å²) in [4.78, 5) is 0. The van der Waals surface area contributed by atoms with Crippen LogP contribution in [0.15, 0.2) is 0 Å². The maximum Gasteiger partial charge on any atom is 0.185 e. The molecule has 14 nitrogen and oxygen atoms in total. The quantitative estimate of drug-likeness (QED) is 0.165. The van der Waals surface area contributed by atoms with Gasteiger partial charge in [0.05, 0.1) is 24.8 Å². The van der Waals surface area contributed by atoms with Crippen molar-refractivity contribution in [2.24, 2.45) is 17.2 Å². The summed E-state index contributed by atoms with van der Waals surface area (Å²) in [5.74, 6) is 0. The molecule has 0 radical (unpaired) electrons. The van der Waals surface area contributed by atoms with E-state index in [9.17, 15) is 30.6 Å². The normalized spacial score (nSPS) is 53.5. The van der Waals surface area contributed by atoms with E-state index in [4.69, 9.17) is 36.1 Å². The number of nitrogens with two attached hydrogens (primary N) is 3. The first-order valence-corrected chi connectivity index (χ1v) is 11.4. The number of hydrogen-bond donors (Lipinski definition) is 10. The third-order valence-electron chi connectivity index (χ3n) is 6.95. The molecule has 14 heteroatoms. The van der Waals surface area contributed by atoms with Gasteiger partial charge in [-0.3, -0.25) is 0 Å². The second-order valence-corrected chi connectivity index (χ2v) is 9.82. The van der Waals surface area contributed by atoms with Crippen LogP contribution >= 0.6 is 0 Å². The van der Waals surface area contributed by atoms with E-state index < -0.39 is 91.2 Å². The molecule has 0 aromatic carbocycles. The summed E-state index contributed by atoms with van der Waals surface area (Å²) in [6.07, 6.45) is -12.4. The van der Waals surface area contributed by atoms with E-state index in [0.717, 1.165) is 0 Å². The minimum absolute atomic E-state index is 0.135. The molecular formula is C20H40N4O10. The fourth-order valence-electron chi connectivity index (χ4n) is 4.95. The van der Waals surface area contributed by atoms with Gasteiger partial charge in [0.25, 0.3) is 0 Å². The topological polar surface area (TPSA) is 248 Å². The van der Waals surface area contributed by atoms with Crippen LogP contribution in [-0.4, -0.2) is 135 Å². The lowest BCUT2D eigenvalue weighted by atomic mass is 9.84. The van der Waals surface area contributed by atoms with Crippen molar-refractivity contribution in [3.63, 3.8) is 0 Å². The van der Waals surface area contributed by atoms with Crippen LogP contribution in [0.2, 0.25) is 0 Å². The van der Waals surface area contributed by atoms with Crippen molar-refractivity contribution >= 4 is 0 Å². The summed E-state index contributed by atoms with van der Waals surface area (Å²) in [5, 5.41) is 65.2. The number of ether oxygens (including phenoxy) is 4. The van der Waals surface area contributed by atoms with Crippen LogP contribution in [-0.2, 0) is 18.9 Å². The monoisotopic (exact) mass is 496 g/mol. The summed E-state index contributed by atoms with van der Waals surface area (Å²) in [6.45, 7) is 2.75. The van der Waals surface area contributed by atoms with Gasteiger partial charge >= 0.3 is 0 Å². The van der Waals surface area contributed by atoms with Crippen molar-refractivity contribution in [1.29, 1.82) is 0 Å². The average molecular weight is 497 g/mol. The van der Waals surface area contributed by atoms with Gasteiger partial charge < -0.3 is 72.1 Å². The Morgan fingerprint density at radius 3 is 2.03 bits per heavy atom. The highest BCUT2D eigenvalue weighted by Crippen LogP contribution is 2.32. The number of aliphatic hydroxyl groups excluding tert-OH is 5. The Labute approximate surface area is 197 Å². The van der Waals surface area contributed by atoms with Crippen LogP contribution in [0.1, 0.15) is 20.3 Å². The minimum atomic E-state index is -1.46. The van der Waals surface area contributed by atoms with Crippen LogP contribution in [0.3, 0.4) is 0 Å². The van der Waals surface area contributed by atoms with E-state index in [1.807, 2.05) is 0 Å². The zero-order valence-electron chi connectivity index (χ0n) is 19.5. The second-order valence-electron chi connectivity index (χ2n) is 9.82. The van der Waals surface area contributed by atoms with Crippen molar-refractivity contribution in [2.45, 2.75) is 111 Å².